The fourth-order valence-electron chi connectivity index (χ4n) is 2.58. The number of ether oxygens (including phenoxy) is 1. The fraction of sp³-hybridized carbons (Fsp3) is 0.429. The van der Waals surface area contributed by atoms with Crippen molar-refractivity contribution in [1.29, 1.82) is 0 Å². The van der Waals surface area contributed by atoms with Gasteiger partial charge in [0.15, 0.2) is 0 Å². The van der Waals surface area contributed by atoms with E-state index in [1.807, 2.05) is 24.3 Å². The first-order valence-electron chi connectivity index (χ1n) is 6.11. The molecule has 102 valence electrons. The number of carbonyl (C=O) groups excluding carboxylic acids is 1. The van der Waals surface area contributed by atoms with E-state index in [1.165, 1.54) is 4.90 Å². The van der Waals surface area contributed by atoms with Crippen LogP contribution in [0.2, 0.25) is 0 Å². The molecule has 5 nitrogen and oxygen atoms in total. The molecule has 5 heteroatoms. The Balaban J connectivity index is 2.34. The zero-order valence-electron chi connectivity index (χ0n) is 11.0. The molecule has 2 unspecified atom stereocenters. The predicted octanol–water partition coefficient (Wildman–Crippen LogP) is 1.44. The average Bonchev–Trinajstić information content (AvgIpc) is 2.67. The molecule has 1 saturated heterocycles. The molecule has 1 fully saturated rings. The Labute approximate surface area is 111 Å². The quantitative estimate of drug-likeness (QED) is 0.892. The van der Waals surface area contributed by atoms with Crippen LogP contribution in [0.3, 0.4) is 0 Å². The second-order valence-electron chi connectivity index (χ2n) is 4.78. The van der Waals surface area contributed by atoms with E-state index in [0.717, 1.165) is 11.1 Å². The minimum absolute atomic E-state index is 0.0605. The molecule has 1 amide bonds. The van der Waals surface area contributed by atoms with Crippen molar-refractivity contribution in [1.82, 2.24) is 4.90 Å². The second-order valence-corrected chi connectivity index (χ2v) is 4.78. The van der Waals surface area contributed by atoms with Gasteiger partial charge in [-0.05, 0) is 11.1 Å². The van der Waals surface area contributed by atoms with Crippen LogP contribution in [0.1, 0.15) is 23.6 Å². The summed E-state index contributed by atoms with van der Waals surface area (Å²) < 4.78 is 5.07. The summed E-state index contributed by atoms with van der Waals surface area (Å²) in [5.41, 5.74) is 1.81. The molecule has 0 aliphatic carbocycles. The average molecular weight is 263 g/mol. The molecule has 1 aromatic carbocycles. The van der Waals surface area contributed by atoms with Crippen LogP contribution in [0.4, 0.5) is 0 Å². The molecule has 1 aromatic rings. The summed E-state index contributed by atoms with van der Waals surface area (Å²) in [5, 5.41) is 9.25. The van der Waals surface area contributed by atoms with Gasteiger partial charge in [0.25, 0.3) is 0 Å². The normalized spacial score (nSPS) is 22.8. The van der Waals surface area contributed by atoms with Crippen molar-refractivity contribution in [2.24, 2.45) is 5.92 Å². The molecule has 19 heavy (non-hydrogen) atoms. The van der Waals surface area contributed by atoms with Gasteiger partial charge >= 0.3 is 5.97 Å². The van der Waals surface area contributed by atoms with Gasteiger partial charge in [-0.15, -0.1) is 0 Å². The van der Waals surface area contributed by atoms with Crippen molar-refractivity contribution >= 4 is 11.9 Å². The number of likely N-dealkylation sites (tertiary alicyclic amines) is 1. The van der Waals surface area contributed by atoms with Crippen molar-refractivity contribution in [3.63, 3.8) is 0 Å². The van der Waals surface area contributed by atoms with Crippen molar-refractivity contribution < 1.29 is 19.4 Å². The first-order valence-corrected chi connectivity index (χ1v) is 6.11. The maximum Gasteiger partial charge on any atom is 0.309 e. The zero-order chi connectivity index (χ0) is 14.0. The lowest BCUT2D eigenvalue weighted by Crippen LogP contribution is -2.26. The zero-order valence-corrected chi connectivity index (χ0v) is 11.0. The summed E-state index contributed by atoms with van der Waals surface area (Å²) in [6.45, 7) is 0.468. The SMILES string of the molecule is COCc1cccc(C2C(C(=O)O)CC(=O)N2C)c1. The highest BCUT2D eigenvalue weighted by Gasteiger charge is 2.42. The van der Waals surface area contributed by atoms with Gasteiger partial charge in [0.2, 0.25) is 5.91 Å². The Morgan fingerprint density at radius 2 is 2.26 bits per heavy atom. The molecule has 0 saturated carbocycles. The summed E-state index contributed by atoms with van der Waals surface area (Å²) in [6.07, 6.45) is 0.0605. The van der Waals surface area contributed by atoms with Crippen molar-refractivity contribution in [2.45, 2.75) is 19.1 Å². The molecule has 0 bridgehead atoms. The Bertz CT molecular complexity index is 500. The lowest BCUT2D eigenvalue weighted by atomic mass is 9.93. The number of benzene rings is 1. The highest BCUT2D eigenvalue weighted by Crippen LogP contribution is 2.37. The Morgan fingerprint density at radius 3 is 2.89 bits per heavy atom. The summed E-state index contributed by atoms with van der Waals surface area (Å²) in [4.78, 5) is 24.5. The van der Waals surface area contributed by atoms with E-state index >= 15 is 0 Å². The van der Waals surface area contributed by atoms with Gasteiger partial charge in [-0.3, -0.25) is 9.59 Å². The number of hydrogen-bond donors (Lipinski definition) is 1. The summed E-state index contributed by atoms with van der Waals surface area (Å²) in [5.74, 6) is -1.75. The summed E-state index contributed by atoms with van der Waals surface area (Å²) in [7, 11) is 3.26. The molecule has 1 heterocycles. The first-order chi connectivity index (χ1) is 9.04. The van der Waals surface area contributed by atoms with Gasteiger partial charge < -0.3 is 14.7 Å². The predicted molar refractivity (Wildman–Crippen MR) is 68.4 cm³/mol. The standard InChI is InChI=1S/C14H17NO4/c1-15-12(16)7-11(14(17)18)13(15)10-5-3-4-9(6-10)8-19-2/h3-6,11,13H,7-8H2,1-2H3,(H,17,18). The minimum atomic E-state index is -0.931. The number of rotatable bonds is 4. The van der Waals surface area contributed by atoms with Crippen LogP contribution >= 0.6 is 0 Å². The third-order valence-electron chi connectivity index (χ3n) is 3.51. The highest BCUT2D eigenvalue weighted by atomic mass is 16.5. The molecule has 1 aliphatic rings. The summed E-state index contributed by atoms with van der Waals surface area (Å²) >= 11 is 0. The van der Waals surface area contributed by atoms with Gasteiger partial charge in [-0.2, -0.15) is 0 Å². The smallest absolute Gasteiger partial charge is 0.309 e. The monoisotopic (exact) mass is 263 g/mol. The lowest BCUT2D eigenvalue weighted by molar-refractivity contribution is -0.142. The number of carboxylic acid groups (broad SMARTS) is 1. The lowest BCUT2D eigenvalue weighted by Gasteiger charge is -2.23. The van der Waals surface area contributed by atoms with E-state index in [0.29, 0.717) is 6.61 Å². The fourth-order valence-corrected chi connectivity index (χ4v) is 2.58. The van der Waals surface area contributed by atoms with E-state index in [2.05, 4.69) is 0 Å². The van der Waals surface area contributed by atoms with Crippen molar-refractivity contribution in [2.75, 3.05) is 14.2 Å². The van der Waals surface area contributed by atoms with Crippen LogP contribution < -0.4 is 0 Å². The number of hydrogen-bond acceptors (Lipinski definition) is 3. The largest absolute Gasteiger partial charge is 0.481 e. The van der Waals surface area contributed by atoms with Gasteiger partial charge in [-0.25, -0.2) is 0 Å². The molecule has 1 N–H and O–H groups in total. The van der Waals surface area contributed by atoms with Crippen LogP contribution in [0.15, 0.2) is 24.3 Å². The van der Waals surface area contributed by atoms with Crippen LogP contribution in [0, 0.1) is 5.92 Å². The van der Waals surface area contributed by atoms with E-state index < -0.39 is 17.9 Å². The highest BCUT2D eigenvalue weighted by molar-refractivity contribution is 5.87. The maximum absolute atomic E-state index is 11.7. The molecule has 0 radical (unpaired) electrons. The van der Waals surface area contributed by atoms with E-state index in [9.17, 15) is 14.7 Å². The van der Waals surface area contributed by atoms with Gasteiger partial charge in [0.05, 0.1) is 18.6 Å². The topological polar surface area (TPSA) is 66.8 Å². The van der Waals surface area contributed by atoms with Gasteiger partial charge in [0, 0.05) is 20.6 Å². The number of carboxylic acids is 1. The minimum Gasteiger partial charge on any atom is -0.481 e. The Kier molecular flexibility index (Phi) is 3.85. The number of amides is 1. The first kappa shape index (κ1) is 13.5. The van der Waals surface area contributed by atoms with Crippen LogP contribution in [-0.2, 0) is 20.9 Å². The number of aliphatic carboxylic acids is 1. The number of methoxy groups -OCH3 is 1. The Hall–Kier alpha value is -1.88. The molecule has 2 atom stereocenters. The second kappa shape index (κ2) is 5.40. The molecule has 0 aromatic heterocycles. The van der Waals surface area contributed by atoms with E-state index in [4.69, 9.17) is 4.74 Å². The third-order valence-corrected chi connectivity index (χ3v) is 3.51. The number of carbonyl (C=O) groups is 2. The molecular formula is C14H17NO4. The third kappa shape index (κ3) is 2.61. The van der Waals surface area contributed by atoms with Crippen molar-refractivity contribution in [3.8, 4) is 0 Å². The van der Waals surface area contributed by atoms with Gasteiger partial charge in [0.1, 0.15) is 0 Å². The molecular weight excluding hydrogens is 246 g/mol. The van der Waals surface area contributed by atoms with Crippen molar-refractivity contribution in [3.05, 3.63) is 35.4 Å². The maximum atomic E-state index is 11.7. The molecule has 2 rings (SSSR count). The summed E-state index contributed by atoms with van der Waals surface area (Å²) in [6, 6.07) is 7.13. The van der Waals surface area contributed by atoms with E-state index in [-0.39, 0.29) is 12.3 Å². The van der Waals surface area contributed by atoms with Crippen LogP contribution in [0.5, 0.6) is 0 Å². The Morgan fingerprint density at radius 1 is 1.53 bits per heavy atom. The number of nitrogens with zero attached hydrogens (tertiary/aromatic N) is 1. The molecule has 0 spiro atoms. The van der Waals surface area contributed by atoms with Crippen LogP contribution in [0.25, 0.3) is 0 Å². The molecule has 1 aliphatic heterocycles. The van der Waals surface area contributed by atoms with Crippen LogP contribution in [-0.4, -0.2) is 36.0 Å². The van der Waals surface area contributed by atoms with Gasteiger partial charge in [-0.1, -0.05) is 24.3 Å². The van der Waals surface area contributed by atoms with E-state index in [1.54, 1.807) is 14.2 Å².